The number of nitrogens with one attached hydrogen (secondary N) is 1. The zero-order valence-electron chi connectivity index (χ0n) is 15.2. The number of rotatable bonds is 7. The number of nitrogens with zero attached hydrogens (tertiary/aromatic N) is 4. The first-order chi connectivity index (χ1) is 13.0. The molecule has 3 aromatic rings. The molecule has 0 saturated heterocycles. The van der Waals surface area contributed by atoms with E-state index in [1.807, 2.05) is 30.3 Å². The highest BCUT2D eigenvalue weighted by molar-refractivity contribution is 7.99. The number of aryl methyl sites for hydroxylation is 2. The van der Waals surface area contributed by atoms with Crippen LogP contribution in [0, 0.1) is 0 Å². The van der Waals surface area contributed by atoms with Gasteiger partial charge in [-0.05, 0) is 24.3 Å². The third-order valence-electron chi connectivity index (χ3n) is 4.16. The molecule has 1 N–H and O–H groups in total. The van der Waals surface area contributed by atoms with E-state index in [-0.39, 0.29) is 12.5 Å². The Morgan fingerprint density at radius 3 is 2.67 bits per heavy atom. The van der Waals surface area contributed by atoms with Crippen molar-refractivity contribution in [1.29, 1.82) is 0 Å². The molecule has 1 amide bonds. The lowest BCUT2D eigenvalue weighted by atomic mass is 10.4. The van der Waals surface area contributed by atoms with Gasteiger partial charge in [-0.25, -0.2) is 14.3 Å². The Labute approximate surface area is 159 Å². The SMILES string of the molecule is Cn1cnc2c1c(=O)n(CC(=O)NCCCSc1ccccc1)c(=O)n2C. The van der Waals surface area contributed by atoms with Crippen LogP contribution in [-0.4, -0.2) is 36.9 Å². The quantitative estimate of drug-likeness (QED) is 0.477. The van der Waals surface area contributed by atoms with Crippen molar-refractivity contribution in [3.8, 4) is 0 Å². The molecule has 0 bridgehead atoms. The van der Waals surface area contributed by atoms with Gasteiger partial charge in [-0.2, -0.15) is 0 Å². The maximum Gasteiger partial charge on any atom is 0.332 e. The van der Waals surface area contributed by atoms with Crippen molar-refractivity contribution in [3.05, 3.63) is 57.5 Å². The minimum absolute atomic E-state index is 0.296. The number of benzene rings is 1. The molecule has 2 aromatic heterocycles. The normalized spacial score (nSPS) is 11.0. The number of hydrogen-bond acceptors (Lipinski definition) is 5. The summed E-state index contributed by atoms with van der Waals surface area (Å²) in [5, 5.41) is 2.77. The second-order valence-corrected chi connectivity index (χ2v) is 7.29. The maximum absolute atomic E-state index is 12.6. The molecule has 0 unspecified atom stereocenters. The maximum atomic E-state index is 12.6. The van der Waals surface area contributed by atoms with E-state index < -0.39 is 11.2 Å². The lowest BCUT2D eigenvalue weighted by Gasteiger charge is -2.09. The van der Waals surface area contributed by atoms with Crippen molar-refractivity contribution in [2.75, 3.05) is 12.3 Å². The molecule has 0 aliphatic rings. The molecule has 0 aliphatic heterocycles. The highest BCUT2D eigenvalue weighted by Gasteiger charge is 2.16. The molecule has 0 atom stereocenters. The van der Waals surface area contributed by atoms with Crippen LogP contribution in [0.3, 0.4) is 0 Å². The Kier molecular flexibility index (Phi) is 5.80. The molecule has 142 valence electrons. The van der Waals surface area contributed by atoms with Crippen molar-refractivity contribution in [2.45, 2.75) is 17.9 Å². The van der Waals surface area contributed by atoms with Crippen molar-refractivity contribution in [2.24, 2.45) is 14.1 Å². The summed E-state index contributed by atoms with van der Waals surface area (Å²) in [6.45, 7) is 0.181. The third-order valence-corrected chi connectivity index (χ3v) is 5.26. The van der Waals surface area contributed by atoms with Crippen molar-refractivity contribution < 1.29 is 4.79 Å². The predicted octanol–water partition coefficient (Wildman–Crippen LogP) is 0.732. The van der Waals surface area contributed by atoms with Crippen molar-refractivity contribution in [1.82, 2.24) is 24.0 Å². The van der Waals surface area contributed by atoms with Gasteiger partial charge in [0.25, 0.3) is 5.56 Å². The summed E-state index contributed by atoms with van der Waals surface area (Å²) in [7, 11) is 3.21. The summed E-state index contributed by atoms with van der Waals surface area (Å²) in [4.78, 5) is 42.4. The molecule has 0 fully saturated rings. The summed E-state index contributed by atoms with van der Waals surface area (Å²) in [5.41, 5.74) is -0.463. The minimum atomic E-state index is -0.555. The van der Waals surface area contributed by atoms with Gasteiger partial charge < -0.3 is 9.88 Å². The molecule has 0 saturated carbocycles. The van der Waals surface area contributed by atoms with E-state index in [1.165, 1.54) is 22.8 Å². The van der Waals surface area contributed by atoms with Gasteiger partial charge in [0.1, 0.15) is 6.54 Å². The van der Waals surface area contributed by atoms with Crippen LogP contribution in [0.2, 0.25) is 0 Å². The van der Waals surface area contributed by atoms with E-state index >= 15 is 0 Å². The average Bonchev–Trinajstić information content (AvgIpc) is 3.06. The summed E-state index contributed by atoms with van der Waals surface area (Å²) in [5.74, 6) is 0.507. The number of aromatic nitrogens is 4. The van der Waals surface area contributed by atoms with E-state index in [1.54, 1.807) is 23.4 Å². The van der Waals surface area contributed by atoms with E-state index in [4.69, 9.17) is 0 Å². The first kappa shape index (κ1) is 19.0. The van der Waals surface area contributed by atoms with Gasteiger partial charge in [0, 0.05) is 25.5 Å². The van der Waals surface area contributed by atoms with Gasteiger partial charge >= 0.3 is 5.69 Å². The van der Waals surface area contributed by atoms with Crippen LogP contribution in [0.25, 0.3) is 11.2 Å². The number of amides is 1. The highest BCUT2D eigenvalue weighted by Crippen LogP contribution is 2.17. The fourth-order valence-corrected chi connectivity index (χ4v) is 3.62. The molecule has 0 spiro atoms. The number of thioether (sulfide) groups is 1. The molecule has 8 nitrogen and oxygen atoms in total. The monoisotopic (exact) mass is 387 g/mol. The fourth-order valence-electron chi connectivity index (χ4n) is 2.74. The highest BCUT2D eigenvalue weighted by atomic mass is 32.2. The smallest absolute Gasteiger partial charge is 0.332 e. The number of carbonyl (C=O) groups is 1. The average molecular weight is 387 g/mol. The molecule has 2 heterocycles. The van der Waals surface area contributed by atoms with Crippen molar-refractivity contribution in [3.63, 3.8) is 0 Å². The van der Waals surface area contributed by atoms with Crippen molar-refractivity contribution >= 4 is 28.8 Å². The minimum Gasteiger partial charge on any atom is -0.355 e. The molecule has 0 aliphatic carbocycles. The zero-order chi connectivity index (χ0) is 19.4. The first-order valence-electron chi connectivity index (χ1n) is 8.54. The number of hydrogen-bond donors (Lipinski definition) is 1. The van der Waals surface area contributed by atoms with Gasteiger partial charge in [0.15, 0.2) is 11.2 Å². The molecule has 3 rings (SSSR count). The molecular formula is C18H21N5O3S. The van der Waals surface area contributed by atoms with Gasteiger partial charge in [0.2, 0.25) is 5.91 Å². The topological polar surface area (TPSA) is 90.9 Å². The van der Waals surface area contributed by atoms with Gasteiger partial charge in [-0.15, -0.1) is 11.8 Å². The van der Waals surface area contributed by atoms with Gasteiger partial charge in [-0.3, -0.25) is 14.2 Å². The second-order valence-electron chi connectivity index (χ2n) is 6.13. The van der Waals surface area contributed by atoms with Crippen LogP contribution >= 0.6 is 11.8 Å². The number of carbonyl (C=O) groups excluding carboxylic acids is 1. The molecular weight excluding hydrogens is 366 g/mol. The summed E-state index contributed by atoms with van der Waals surface area (Å²) >= 11 is 1.72. The summed E-state index contributed by atoms with van der Waals surface area (Å²) in [6, 6.07) is 10.0. The fraction of sp³-hybridized carbons (Fsp3) is 0.333. The lowest BCUT2D eigenvalue weighted by molar-refractivity contribution is -0.121. The standard InChI is InChI=1S/C18H21N5O3S/c1-21-12-20-16-15(21)17(25)23(18(26)22(16)2)11-14(24)19-9-6-10-27-13-7-4-3-5-8-13/h3-5,7-8,12H,6,9-11H2,1-2H3,(H,19,24). The number of imidazole rings is 1. The third kappa shape index (κ3) is 4.13. The Hall–Kier alpha value is -2.81. The first-order valence-corrected chi connectivity index (χ1v) is 9.53. The van der Waals surface area contributed by atoms with Gasteiger partial charge in [-0.1, -0.05) is 18.2 Å². The van der Waals surface area contributed by atoms with Gasteiger partial charge in [0.05, 0.1) is 6.33 Å². The van der Waals surface area contributed by atoms with Crippen LogP contribution < -0.4 is 16.6 Å². The zero-order valence-corrected chi connectivity index (χ0v) is 16.0. The number of fused-ring (bicyclic) bond motifs is 1. The van der Waals surface area contributed by atoms with Crippen LogP contribution in [0.15, 0.2) is 51.1 Å². The van der Waals surface area contributed by atoms with Crippen LogP contribution in [0.4, 0.5) is 0 Å². The summed E-state index contributed by atoms with van der Waals surface area (Å²) < 4.78 is 3.77. The Morgan fingerprint density at radius 2 is 1.93 bits per heavy atom. The van der Waals surface area contributed by atoms with Crippen LogP contribution in [0.5, 0.6) is 0 Å². The Bertz CT molecular complexity index is 1070. The van der Waals surface area contributed by atoms with E-state index in [2.05, 4.69) is 10.3 Å². The Morgan fingerprint density at radius 1 is 1.19 bits per heavy atom. The molecule has 0 radical (unpaired) electrons. The van der Waals surface area contributed by atoms with Crippen LogP contribution in [-0.2, 0) is 25.4 Å². The molecule has 9 heteroatoms. The largest absolute Gasteiger partial charge is 0.355 e. The lowest BCUT2D eigenvalue weighted by Crippen LogP contribution is -2.43. The summed E-state index contributed by atoms with van der Waals surface area (Å²) in [6.07, 6.45) is 2.26. The molecule has 1 aromatic carbocycles. The Balaban J connectivity index is 1.59. The van der Waals surface area contributed by atoms with Crippen LogP contribution in [0.1, 0.15) is 6.42 Å². The second kappa shape index (κ2) is 8.26. The predicted molar refractivity (Wildman–Crippen MR) is 105 cm³/mol. The molecule has 27 heavy (non-hydrogen) atoms. The van der Waals surface area contributed by atoms with E-state index in [0.717, 1.165) is 16.7 Å². The van der Waals surface area contributed by atoms with E-state index in [9.17, 15) is 14.4 Å². The van der Waals surface area contributed by atoms with E-state index in [0.29, 0.717) is 17.7 Å².